The number of thioether (sulfide) groups is 1. The standard InChI is InChI=1S/C18H25N7OS/c1-10-9-26-5-4-25(10)15-8-13(23-18(22-2)24-15)11-6-12(19)16(17(20)21)14(7-11)27-3/h6-8,10H,4-5,9,19H2,1-3H3,(H3,20,21)(H,22,23,24). The number of aromatic nitrogens is 2. The second kappa shape index (κ2) is 8.01. The minimum absolute atomic E-state index is 0.0372. The maximum Gasteiger partial charge on any atom is 0.224 e. The molecule has 1 aliphatic heterocycles. The highest BCUT2D eigenvalue weighted by molar-refractivity contribution is 7.98. The van der Waals surface area contributed by atoms with Crippen molar-refractivity contribution in [2.24, 2.45) is 5.73 Å². The minimum atomic E-state index is -0.0372. The number of hydrogen-bond acceptors (Lipinski definition) is 8. The summed E-state index contributed by atoms with van der Waals surface area (Å²) < 4.78 is 5.53. The van der Waals surface area contributed by atoms with Crippen molar-refractivity contribution in [1.29, 1.82) is 5.41 Å². The van der Waals surface area contributed by atoms with E-state index < -0.39 is 0 Å². The fourth-order valence-electron chi connectivity index (χ4n) is 3.14. The Balaban J connectivity index is 2.10. The van der Waals surface area contributed by atoms with Gasteiger partial charge >= 0.3 is 0 Å². The summed E-state index contributed by atoms with van der Waals surface area (Å²) in [6.45, 7) is 4.24. The van der Waals surface area contributed by atoms with Crippen LogP contribution in [0.2, 0.25) is 0 Å². The molecular formula is C18H25N7OS. The molecule has 1 unspecified atom stereocenters. The highest BCUT2D eigenvalue weighted by Crippen LogP contribution is 2.33. The summed E-state index contributed by atoms with van der Waals surface area (Å²) in [6, 6.07) is 5.98. The van der Waals surface area contributed by atoms with Crippen LogP contribution in [-0.4, -0.2) is 54.9 Å². The van der Waals surface area contributed by atoms with Crippen LogP contribution in [0.15, 0.2) is 23.1 Å². The van der Waals surface area contributed by atoms with Gasteiger partial charge in [-0.25, -0.2) is 4.98 Å². The van der Waals surface area contributed by atoms with E-state index in [9.17, 15) is 0 Å². The van der Waals surface area contributed by atoms with Gasteiger partial charge in [0.2, 0.25) is 5.95 Å². The Labute approximate surface area is 163 Å². The third-order valence-corrected chi connectivity index (χ3v) is 5.28. The predicted octanol–water partition coefficient (Wildman–Crippen LogP) is 2.00. The lowest BCUT2D eigenvalue weighted by Crippen LogP contribution is -2.44. The zero-order valence-electron chi connectivity index (χ0n) is 15.7. The topological polar surface area (TPSA) is 126 Å². The molecule has 9 heteroatoms. The number of hydrogen-bond donors (Lipinski definition) is 4. The van der Waals surface area contributed by atoms with E-state index in [4.69, 9.17) is 21.6 Å². The zero-order chi connectivity index (χ0) is 19.6. The number of anilines is 3. The smallest absolute Gasteiger partial charge is 0.224 e. The van der Waals surface area contributed by atoms with Gasteiger partial charge in [-0.15, -0.1) is 11.8 Å². The van der Waals surface area contributed by atoms with Crippen molar-refractivity contribution in [2.75, 3.05) is 49.0 Å². The summed E-state index contributed by atoms with van der Waals surface area (Å²) in [5.41, 5.74) is 14.5. The lowest BCUT2D eigenvalue weighted by Gasteiger charge is -2.34. The van der Waals surface area contributed by atoms with Gasteiger partial charge in [0.15, 0.2) is 0 Å². The van der Waals surface area contributed by atoms with E-state index in [0.717, 1.165) is 28.5 Å². The van der Waals surface area contributed by atoms with Crippen molar-refractivity contribution in [3.63, 3.8) is 0 Å². The number of nitrogen functional groups attached to an aromatic ring is 2. The van der Waals surface area contributed by atoms with Crippen LogP contribution in [0.1, 0.15) is 12.5 Å². The van der Waals surface area contributed by atoms with Crippen LogP contribution >= 0.6 is 11.8 Å². The third-order valence-electron chi connectivity index (χ3n) is 4.52. The van der Waals surface area contributed by atoms with Crippen LogP contribution in [-0.2, 0) is 4.74 Å². The van der Waals surface area contributed by atoms with E-state index in [0.29, 0.717) is 30.4 Å². The van der Waals surface area contributed by atoms with Gasteiger partial charge in [-0.3, -0.25) is 5.41 Å². The molecule has 0 bridgehead atoms. The Morgan fingerprint density at radius 1 is 1.37 bits per heavy atom. The lowest BCUT2D eigenvalue weighted by atomic mass is 10.1. The Bertz CT molecular complexity index is 858. The van der Waals surface area contributed by atoms with Crippen molar-refractivity contribution in [2.45, 2.75) is 17.9 Å². The molecule has 2 aromatic rings. The molecule has 1 aromatic carbocycles. The number of ether oxygens (including phenoxy) is 1. The Morgan fingerprint density at radius 2 is 2.15 bits per heavy atom. The van der Waals surface area contributed by atoms with Gasteiger partial charge in [-0.2, -0.15) is 4.98 Å². The SMILES string of the molecule is CNc1nc(-c2cc(N)c(C(=N)N)c(SC)c2)cc(N2CCOCC2C)n1. The van der Waals surface area contributed by atoms with Crippen molar-refractivity contribution in [3.8, 4) is 11.3 Å². The zero-order valence-corrected chi connectivity index (χ0v) is 16.6. The molecule has 8 nitrogen and oxygen atoms in total. The summed E-state index contributed by atoms with van der Waals surface area (Å²) in [5.74, 6) is 1.35. The Hall–Kier alpha value is -2.52. The van der Waals surface area contributed by atoms with Gasteiger partial charge in [0, 0.05) is 35.8 Å². The van der Waals surface area contributed by atoms with Crippen molar-refractivity contribution >= 4 is 35.1 Å². The first-order valence-electron chi connectivity index (χ1n) is 8.68. The molecular weight excluding hydrogens is 362 g/mol. The normalized spacial score (nSPS) is 17.0. The molecule has 1 fully saturated rings. The molecule has 0 amide bonds. The van der Waals surface area contributed by atoms with Gasteiger partial charge in [0.25, 0.3) is 0 Å². The molecule has 2 heterocycles. The maximum absolute atomic E-state index is 7.78. The minimum Gasteiger partial charge on any atom is -0.398 e. The highest BCUT2D eigenvalue weighted by Gasteiger charge is 2.22. The van der Waals surface area contributed by atoms with E-state index in [-0.39, 0.29) is 11.9 Å². The van der Waals surface area contributed by atoms with Crippen LogP contribution < -0.4 is 21.7 Å². The summed E-state index contributed by atoms with van der Waals surface area (Å²) in [7, 11) is 1.80. The first-order chi connectivity index (χ1) is 12.9. The Morgan fingerprint density at radius 3 is 2.78 bits per heavy atom. The van der Waals surface area contributed by atoms with Crippen LogP contribution in [0.4, 0.5) is 17.5 Å². The molecule has 0 aliphatic carbocycles. The molecule has 0 radical (unpaired) electrons. The second-order valence-electron chi connectivity index (χ2n) is 6.36. The van der Waals surface area contributed by atoms with Crippen LogP contribution in [0.5, 0.6) is 0 Å². The van der Waals surface area contributed by atoms with Gasteiger partial charge in [-0.1, -0.05) is 0 Å². The fourth-order valence-corrected chi connectivity index (χ4v) is 3.82. The number of rotatable bonds is 5. The quantitative estimate of drug-likeness (QED) is 0.266. The van der Waals surface area contributed by atoms with E-state index >= 15 is 0 Å². The van der Waals surface area contributed by atoms with Crippen molar-refractivity contribution < 1.29 is 4.74 Å². The second-order valence-corrected chi connectivity index (χ2v) is 7.21. The average molecular weight is 388 g/mol. The summed E-state index contributed by atoms with van der Waals surface area (Å²) in [4.78, 5) is 12.3. The maximum atomic E-state index is 7.78. The molecule has 1 aliphatic rings. The average Bonchev–Trinajstić information content (AvgIpc) is 2.66. The largest absolute Gasteiger partial charge is 0.398 e. The molecule has 6 N–H and O–H groups in total. The predicted molar refractivity (Wildman–Crippen MR) is 112 cm³/mol. The molecule has 0 spiro atoms. The first-order valence-corrected chi connectivity index (χ1v) is 9.90. The number of morpholine rings is 1. The van der Waals surface area contributed by atoms with Crippen LogP contribution in [0, 0.1) is 5.41 Å². The van der Waals surface area contributed by atoms with E-state index in [1.807, 2.05) is 24.5 Å². The van der Waals surface area contributed by atoms with E-state index in [1.165, 1.54) is 11.8 Å². The van der Waals surface area contributed by atoms with Crippen LogP contribution in [0.3, 0.4) is 0 Å². The summed E-state index contributed by atoms with van der Waals surface area (Å²) in [6.07, 6.45) is 1.94. The number of nitrogens with zero attached hydrogens (tertiary/aromatic N) is 3. The van der Waals surface area contributed by atoms with Gasteiger partial charge < -0.3 is 26.4 Å². The first kappa shape index (κ1) is 19.2. The third kappa shape index (κ3) is 3.93. The summed E-state index contributed by atoms with van der Waals surface area (Å²) in [5, 5.41) is 10.8. The summed E-state index contributed by atoms with van der Waals surface area (Å²) >= 11 is 1.50. The van der Waals surface area contributed by atoms with Crippen LogP contribution in [0.25, 0.3) is 11.3 Å². The van der Waals surface area contributed by atoms with E-state index in [1.54, 1.807) is 7.05 Å². The van der Waals surface area contributed by atoms with Gasteiger partial charge in [0.1, 0.15) is 11.7 Å². The number of amidine groups is 1. The van der Waals surface area contributed by atoms with E-state index in [2.05, 4.69) is 27.1 Å². The molecule has 144 valence electrons. The van der Waals surface area contributed by atoms with Crippen molar-refractivity contribution in [1.82, 2.24) is 9.97 Å². The number of nitrogens with two attached hydrogens (primary N) is 2. The molecule has 1 saturated heterocycles. The van der Waals surface area contributed by atoms with Gasteiger partial charge in [-0.05, 0) is 25.3 Å². The number of nitrogens with one attached hydrogen (secondary N) is 2. The molecule has 3 rings (SSSR count). The monoisotopic (exact) mass is 387 g/mol. The number of benzene rings is 1. The molecule has 0 saturated carbocycles. The Kier molecular flexibility index (Phi) is 5.71. The molecule has 1 atom stereocenters. The molecule has 1 aromatic heterocycles. The van der Waals surface area contributed by atoms with Crippen molar-refractivity contribution in [3.05, 3.63) is 23.8 Å². The van der Waals surface area contributed by atoms with Gasteiger partial charge in [0.05, 0.1) is 30.5 Å². The highest BCUT2D eigenvalue weighted by atomic mass is 32.2. The fraction of sp³-hybridized carbons (Fsp3) is 0.389. The molecule has 27 heavy (non-hydrogen) atoms. The lowest BCUT2D eigenvalue weighted by molar-refractivity contribution is 0.0985.